The lowest BCUT2D eigenvalue weighted by Crippen LogP contribution is -2.28. The Morgan fingerprint density at radius 2 is 2.03 bits per heavy atom. The summed E-state index contributed by atoms with van der Waals surface area (Å²) in [5.74, 6) is -0.119. The Balaban J connectivity index is 1.64. The predicted molar refractivity (Wildman–Crippen MR) is 128 cm³/mol. The van der Waals surface area contributed by atoms with Crippen LogP contribution in [0.5, 0.6) is 0 Å². The second-order valence-corrected chi connectivity index (χ2v) is 10.2. The molecule has 8 heteroatoms. The summed E-state index contributed by atoms with van der Waals surface area (Å²) >= 11 is 2.95. The number of hydrogen-bond donors (Lipinski definition) is 1. The lowest BCUT2D eigenvalue weighted by molar-refractivity contribution is -0.115. The van der Waals surface area contributed by atoms with E-state index in [0.717, 1.165) is 47.2 Å². The molecular formula is C23H27N3O3S2. The summed E-state index contributed by atoms with van der Waals surface area (Å²) in [4.78, 5) is 33.1. The highest BCUT2D eigenvalue weighted by Gasteiger charge is 2.24. The predicted octanol–water partition coefficient (Wildman–Crippen LogP) is 4.41. The highest BCUT2D eigenvalue weighted by molar-refractivity contribution is 8.00. The zero-order chi connectivity index (χ0) is 22.0. The van der Waals surface area contributed by atoms with Crippen LogP contribution in [0.3, 0.4) is 0 Å². The molecule has 6 nitrogen and oxygen atoms in total. The first kappa shape index (κ1) is 22.0. The van der Waals surface area contributed by atoms with Crippen LogP contribution < -0.4 is 10.9 Å². The van der Waals surface area contributed by atoms with Crippen LogP contribution in [0.15, 0.2) is 34.2 Å². The number of thioether (sulfide) groups is 1. The van der Waals surface area contributed by atoms with Gasteiger partial charge in [-0.2, -0.15) is 0 Å². The normalized spacial score (nSPS) is 14.4. The van der Waals surface area contributed by atoms with Crippen molar-refractivity contribution in [2.45, 2.75) is 56.5 Å². The van der Waals surface area contributed by atoms with E-state index in [1.807, 2.05) is 38.1 Å². The summed E-state index contributed by atoms with van der Waals surface area (Å²) in [6.07, 6.45) is 4.24. The van der Waals surface area contributed by atoms with Crippen molar-refractivity contribution >= 4 is 44.9 Å². The number of rotatable bonds is 7. The van der Waals surface area contributed by atoms with Gasteiger partial charge in [-0.15, -0.1) is 11.3 Å². The molecule has 1 N–H and O–H groups in total. The highest BCUT2D eigenvalue weighted by atomic mass is 32.2. The average Bonchev–Trinajstić information content (AvgIpc) is 3.13. The summed E-state index contributed by atoms with van der Waals surface area (Å²) in [5, 5.41) is 3.87. The summed E-state index contributed by atoms with van der Waals surface area (Å²) in [6.45, 7) is 4.67. The van der Waals surface area contributed by atoms with Gasteiger partial charge >= 0.3 is 0 Å². The number of ether oxygens (including phenoxy) is 1. The fraction of sp³-hybridized carbons (Fsp3) is 0.435. The molecule has 1 atom stereocenters. The number of methoxy groups -OCH3 is 1. The highest BCUT2D eigenvalue weighted by Crippen LogP contribution is 2.35. The molecule has 0 spiro atoms. The second kappa shape index (κ2) is 9.54. The van der Waals surface area contributed by atoms with Gasteiger partial charge in [0.05, 0.1) is 23.8 Å². The van der Waals surface area contributed by atoms with Crippen molar-refractivity contribution in [3.8, 4) is 0 Å². The van der Waals surface area contributed by atoms with Crippen LogP contribution >= 0.6 is 23.1 Å². The van der Waals surface area contributed by atoms with Gasteiger partial charge in [0.1, 0.15) is 4.83 Å². The Bertz CT molecular complexity index is 1150. The van der Waals surface area contributed by atoms with Crippen LogP contribution in [0.25, 0.3) is 10.2 Å². The van der Waals surface area contributed by atoms with E-state index < -0.39 is 5.25 Å². The molecular weight excluding hydrogens is 430 g/mol. The number of thiophene rings is 1. The van der Waals surface area contributed by atoms with Crippen molar-refractivity contribution < 1.29 is 9.53 Å². The Labute approximate surface area is 190 Å². The number of fused-ring (bicyclic) bond motifs is 3. The molecule has 4 rings (SSSR count). The van der Waals surface area contributed by atoms with Gasteiger partial charge < -0.3 is 10.1 Å². The van der Waals surface area contributed by atoms with E-state index >= 15 is 0 Å². The first-order valence-electron chi connectivity index (χ1n) is 10.6. The molecule has 1 aliphatic rings. The maximum Gasteiger partial charge on any atom is 0.263 e. The molecule has 0 aliphatic heterocycles. The molecule has 2 heterocycles. The maximum atomic E-state index is 13.4. The lowest BCUT2D eigenvalue weighted by atomic mass is 9.97. The minimum absolute atomic E-state index is 0.0184. The third-order valence-corrected chi connectivity index (χ3v) is 7.81. The van der Waals surface area contributed by atoms with Crippen molar-refractivity contribution in [2.24, 2.45) is 0 Å². The number of anilines is 1. The smallest absolute Gasteiger partial charge is 0.263 e. The number of nitrogens with zero attached hydrogens (tertiary/aromatic N) is 2. The zero-order valence-electron chi connectivity index (χ0n) is 18.1. The summed E-state index contributed by atoms with van der Waals surface area (Å²) < 4.78 is 6.90. The maximum absolute atomic E-state index is 13.4. The molecule has 1 unspecified atom stereocenters. The van der Waals surface area contributed by atoms with Gasteiger partial charge in [-0.25, -0.2) is 4.98 Å². The fourth-order valence-electron chi connectivity index (χ4n) is 3.78. The van der Waals surface area contributed by atoms with Crippen LogP contribution in [-0.4, -0.2) is 34.4 Å². The van der Waals surface area contributed by atoms with Gasteiger partial charge in [-0.05, 0) is 57.2 Å². The number of benzene rings is 1. The molecule has 2 aromatic heterocycles. The van der Waals surface area contributed by atoms with Crippen molar-refractivity contribution in [1.82, 2.24) is 9.55 Å². The fourth-order valence-corrected chi connectivity index (χ4v) is 6.02. The first-order valence-corrected chi connectivity index (χ1v) is 12.3. The van der Waals surface area contributed by atoms with Gasteiger partial charge in [-0.1, -0.05) is 29.5 Å². The minimum atomic E-state index is -0.408. The Morgan fingerprint density at radius 3 is 2.77 bits per heavy atom. The average molecular weight is 458 g/mol. The summed E-state index contributed by atoms with van der Waals surface area (Å²) in [5.41, 5.74) is 3.06. The van der Waals surface area contributed by atoms with Crippen molar-refractivity contribution in [3.63, 3.8) is 0 Å². The number of aromatic nitrogens is 2. The first-order chi connectivity index (χ1) is 15.0. The Morgan fingerprint density at radius 1 is 1.29 bits per heavy atom. The Hall–Kier alpha value is -2.16. The largest absolute Gasteiger partial charge is 0.383 e. The summed E-state index contributed by atoms with van der Waals surface area (Å²) in [7, 11) is 1.62. The standard InChI is InChI=1S/C23H27N3O3S2/c1-14-8-10-16(11-9-14)24-20(27)15(2)30-23-25-21-19(22(28)26(23)12-13-29-3)17-6-4-5-7-18(17)31-21/h8-11,15H,4-7,12-13H2,1-3H3,(H,24,27). The minimum Gasteiger partial charge on any atom is -0.383 e. The van der Waals surface area contributed by atoms with E-state index in [1.54, 1.807) is 23.0 Å². The van der Waals surface area contributed by atoms with Crippen molar-refractivity contribution in [1.29, 1.82) is 0 Å². The molecule has 164 valence electrons. The van der Waals surface area contributed by atoms with Gasteiger partial charge in [0, 0.05) is 17.7 Å². The van der Waals surface area contributed by atoms with Crippen LogP contribution in [0, 0.1) is 6.92 Å². The number of amides is 1. The zero-order valence-corrected chi connectivity index (χ0v) is 19.7. The van der Waals surface area contributed by atoms with Crippen molar-refractivity contribution in [2.75, 3.05) is 19.0 Å². The van der Waals surface area contributed by atoms with Gasteiger partial charge in [-0.3, -0.25) is 14.2 Å². The third-order valence-electron chi connectivity index (χ3n) is 5.53. The van der Waals surface area contributed by atoms with E-state index in [-0.39, 0.29) is 11.5 Å². The monoisotopic (exact) mass is 457 g/mol. The third kappa shape index (κ3) is 4.71. The summed E-state index contributed by atoms with van der Waals surface area (Å²) in [6, 6.07) is 7.70. The van der Waals surface area contributed by atoms with Crippen LogP contribution in [0.4, 0.5) is 5.69 Å². The molecule has 0 bridgehead atoms. The molecule has 0 saturated carbocycles. The number of carbonyl (C=O) groups is 1. The topological polar surface area (TPSA) is 73.2 Å². The van der Waals surface area contributed by atoms with Gasteiger partial charge in [0.2, 0.25) is 5.91 Å². The van der Waals surface area contributed by atoms with Gasteiger partial charge in [0.25, 0.3) is 5.56 Å². The van der Waals surface area contributed by atoms with Crippen LogP contribution in [-0.2, 0) is 28.9 Å². The van der Waals surface area contributed by atoms with E-state index in [4.69, 9.17) is 9.72 Å². The lowest BCUT2D eigenvalue weighted by Gasteiger charge is -2.16. The van der Waals surface area contributed by atoms with Gasteiger partial charge in [0.15, 0.2) is 5.16 Å². The van der Waals surface area contributed by atoms with E-state index in [2.05, 4.69) is 5.32 Å². The SMILES string of the molecule is COCCn1c(SC(C)C(=O)Nc2ccc(C)cc2)nc2sc3c(c2c1=O)CCCC3. The number of nitrogens with one attached hydrogen (secondary N) is 1. The van der Waals surface area contributed by atoms with Crippen LogP contribution in [0.1, 0.15) is 35.8 Å². The van der Waals surface area contributed by atoms with E-state index in [0.29, 0.717) is 18.3 Å². The molecule has 0 saturated heterocycles. The quantitative estimate of drug-likeness (QED) is 0.420. The van der Waals surface area contributed by atoms with Crippen LogP contribution in [0.2, 0.25) is 0 Å². The molecule has 0 fully saturated rings. The number of hydrogen-bond acceptors (Lipinski definition) is 6. The second-order valence-electron chi connectivity index (χ2n) is 7.85. The Kier molecular flexibility index (Phi) is 6.79. The number of aryl methyl sites for hydroxylation is 3. The van der Waals surface area contributed by atoms with E-state index in [1.165, 1.54) is 22.2 Å². The molecule has 31 heavy (non-hydrogen) atoms. The molecule has 0 radical (unpaired) electrons. The van der Waals surface area contributed by atoms with Crippen molar-refractivity contribution in [3.05, 3.63) is 50.6 Å². The molecule has 3 aromatic rings. The molecule has 1 amide bonds. The van der Waals surface area contributed by atoms with E-state index in [9.17, 15) is 9.59 Å². The number of carbonyl (C=O) groups excluding carboxylic acids is 1. The molecule has 1 aromatic carbocycles. The molecule has 1 aliphatic carbocycles.